The van der Waals surface area contributed by atoms with Gasteiger partial charge in [0, 0.05) is 0 Å². The largest absolute Gasteiger partial charge is 0.187 e. The molecule has 132 valence electrons. The molecule has 0 bridgehead atoms. The van der Waals surface area contributed by atoms with E-state index in [-0.39, 0.29) is 21.9 Å². The Hall–Kier alpha value is -0.400. The van der Waals surface area contributed by atoms with E-state index < -0.39 is 0 Å². The highest BCUT2D eigenvalue weighted by Crippen LogP contribution is 2.39. The van der Waals surface area contributed by atoms with E-state index in [2.05, 4.69) is 83.1 Å². The molecule has 0 fully saturated rings. The zero-order valence-corrected chi connectivity index (χ0v) is 17.5. The van der Waals surface area contributed by atoms with Crippen LogP contribution in [0.4, 0.5) is 0 Å². The van der Waals surface area contributed by atoms with Gasteiger partial charge in [-0.15, -0.1) is 0 Å². The third-order valence-corrected chi connectivity index (χ3v) is 4.77. The fraction of sp³-hybridized carbons (Fsp3) is 1.00. The summed E-state index contributed by atoms with van der Waals surface area (Å²) in [7, 11) is 0. The Morgan fingerprint density at radius 2 is 0.773 bits per heavy atom. The summed E-state index contributed by atoms with van der Waals surface area (Å²) in [5, 5.41) is 9.89. The van der Waals surface area contributed by atoms with Crippen LogP contribution >= 0.6 is 0 Å². The molecule has 2 nitrogen and oxygen atoms in total. The van der Waals surface area contributed by atoms with Crippen molar-refractivity contribution in [2.75, 3.05) is 0 Å². The zero-order chi connectivity index (χ0) is 18.0. The second-order valence-electron chi connectivity index (χ2n) is 10.7. The summed E-state index contributed by atoms with van der Waals surface area (Å²) < 4.78 is 0. The Morgan fingerprint density at radius 1 is 0.545 bits per heavy atom. The molecule has 2 atom stereocenters. The SMILES string of the molecule is CC(C)C(C)(CC(C)(C)C)N=NC(C)(CC(C)(C)C)C(C)C. The van der Waals surface area contributed by atoms with Crippen molar-refractivity contribution in [1.82, 2.24) is 0 Å². The number of hydrogen-bond acceptors (Lipinski definition) is 2. The molecule has 0 radical (unpaired) electrons. The van der Waals surface area contributed by atoms with Gasteiger partial charge in [0.25, 0.3) is 0 Å². The highest BCUT2D eigenvalue weighted by molar-refractivity contribution is 4.94. The van der Waals surface area contributed by atoms with E-state index in [1.165, 1.54) is 0 Å². The first-order chi connectivity index (χ1) is 9.51. The molecule has 0 heterocycles. The number of hydrogen-bond donors (Lipinski definition) is 0. The second-order valence-corrected chi connectivity index (χ2v) is 10.7. The van der Waals surface area contributed by atoms with Crippen molar-refractivity contribution < 1.29 is 0 Å². The lowest BCUT2D eigenvalue weighted by atomic mass is 9.74. The Morgan fingerprint density at radius 3 is 0.909 bits per heavy atom. The Kier molecular flexibility index (Phi) is 6.88. The lowest BCUT2D eigenvalue weighted by molar-refractivity contribution is 0.175. The third-order valence-electron chi connectivity index (χ3n) is 4.77. The lowest BCUT2D eigenvalue weighted by Crippen LogP contribution is -2.37. The lowest BCUT2D eigenvalue weighted by Gasteiger charge is -2.38. The monoisotopic (exact) mass is 310 g/mol. The van der Waals surface area contributed by atoms with Gasteiger partial charge in [0.2, 0.25) is 0 Å². The Bertz CT molecular complexity index is 332. The molecule has 0 rings (SSSR count). The average Bonchev–Trinajstić information content (AvgIpc) is 2.21. The maximum Gasteiger partial charge on any atom is 0.0815 e. The summed E-state index contributed by atoms with van der Waals surface area (Å²) in [6, 6.07) is 0. The van der Waals surface area contributed by atoms with Crippen LogP contribution in [0.2, 0.25) is 0 Å². The van der Waals surface area contributed by atoms with Crippen molar-refractivity contribution in [2.24, 2.45) is 32.9 Å². The molecule has 0 amide bonds. The molecule has 0 aromatic carbocycles. The predicted octanol–water partition coefficient (Wildman–Crippen LogP) is 7.14. The van der Waals surface area contributed by atoms with Gasteiger partial charge in [-0.1, -0.05) is 69.2 Å². The molecule has 0 aromatic rings. The van der Waals surface area contributed by atoms with Crippen LogP contribution in [0.3, 0.4) is 0 Å². The Balaban J connectivity index is 5.52. The van der Waals surface area contributed by atoms with Crippen LogP contribution in [0, 0.1) is 22.7 Å². The van der Waals surface area contributed by atoms with E-state index in [0.29, 0.717) is 11.8 Å². The minimum atomic E-state index is -0.0910. The van der Waals surface area contributed by atoms with Crippen molar-refractivity contribution >= 4 is 0 Å². The van der Waals surface area contributed by atoms with Gasteiger partial charge in [-0.3, -0.25) is 0 Å². The number of nitrogens with zero attached hydrogens (tertiary/aromatic N) is 2. The molecule has 0 aliphatic carbocycles. The maximum atomic E-state index is 4.94. The molecule has 22 heavy (non-hydrogen) atoms. The minimum absolute atomic E-state index is 0.0910. The smallest absolute Gasteiger partial charge is 0.0815 e. The zero-order valence-electron chi connectivity index (χ0n) is 17.5. The minimum Gasteiger partial charge on any atom is -0.187 e. The van der Waals surface area contributed by atoms with E-state index in [1.54, 1.807) is 0 Å². The topological polar surface area (TPSA) is 24.7 Å². The molecule has 2 heteroatoms. The summed E-state index contributed by atoms with van der Waals surface area (Å²) in [5.74, 6) is 0.975. The van der Waals surface area contributed by atoms with Gasteiger partial charge in [-0.2, -0.15) is 10.2 Å². The van der Waals surface area contributed by atoms with Crippen LogP contribution in [0.5, 0.6) is 0 Å². The average molecular weight is 311 g/mol. The first-order valence-electron chi connectivity index (χ1n) is 8.95. The third kappa shape index (κ3) is 7.24. The summed E-state index contributed by atoms with van der Waals surface area (Å²) >= 11 is 0. The summed E-state index contributed by atoms with van der Waals surface area (Å²) in [6.07, 6.45) is 2.12. The van der Waals surface area contributed by atoms with Crippen molar-refractivity contribution in [3.63, 3.8) is 0 Å². The van der Waals surface area contributed by atoms with Crippen molar-refractivity contribution in [1.29, 1.82) is 0 Å². The van der Waals surface area contributed by atoms with E-state index in [4.69, 9.17) is 10.2 Å². The molecule has 0 saturated carbocycles. The molecule has 0 aliphatic heterocycles. The molecule has 0 aromatic heterocycles. The number of azo groups is 1. The van der Waals surface area contributed by atoms with E-state index in [1.807, 2.05) is 0 Å². The molecule has 0 N–H and O–H groups in total. The quantitative estimate of drug-likeness (QED) is 0.466. The van der Waals surface area contributed by atoms with E-state index in [0.717, 1.165) is 12.8 Å². The van der Waals surface area contributed by atoms with Crippen molar-refractivity contribution in [2.45, 2.75) is 107 Å². The van der Waals surface area contributed by atoms with E-state index >= 15 is 0 Å². The second kappa shape index (κ2) is 7.01. The van der Waals surface area contributed by atoms with Gasteiger partial charge in [0.1, 0.15) is 0 Å². The summed E-state index contributed by atoms with van der Waals surface area (Å²) in [4.78, 5) is 0. The molecule has 0 spiro atoms. The molecule has 0 saturated heterocycles. The Labute approximate surface area is 140 Å². The highest BCUT2D eigenvalue weighted by atomic mass is 15.2. The standard InChI is InChI=1S/C20H42N2/c1-15(2)19(11,13-17(5,6)7)21-22-20(12,16(3)4)14-18(8,9)10/h15-16H,13-14H2,1-12H3. The van der Waals surface area contributed by atoms with Gasteiger partial charge in [-0.25, -0.2) is 0 Å². The van der Waals surface area contributed by atoms with Crippen LogP contribution in [0.15, 0.2) is 10.2 Å². The predicted molar refractivity (Wildman–Crippen MR) is 99.5 cm³/mol. The van der Waals surface area contributed by atoms with Gasteiger partial charge in [0.15, 0.2) is 0 Å². The highest BCUT2D eigenvalue weighted by Gasteiger charge is 2.37. The summed E-state index contributed by atoms with van der Waals surface area (Å²) in [6.45, 7) is 27.3. The van der Waals surface area contributed by atoms with Crippen LogP contribution in [0.25, 0.3) is 0 Å². The van der Waals surface area contributed by atoms with Crippen molar-refractivity contribution in [3.05, 3.63) is 0 Å². The van der Waals surface area contributed by atoms with Crippen LogP contribution in [0.1, 0.15) is 95.9 Å². The first kappa shape index (κ1) is 21.6. The van der Waals surface area contributed by atoms with E-state index in [9.17, 15) is 0 Å². The summed E-state index contributed by atoms with van der Waals surface area (Å²) in [5.41, 5.74) is 0.338. The fourth-order valence-electron chi connectivity index (χ4n) is 3.09. The normalized spacial score (nSPS) is 19.7. The van der Waals surface area contributed by atoms with Crippen LogP contribution in [-0.4, -0.2) is 11.1 Å². The first-order valence-corrected chi connectivity index (χ1v) is 8.95. The van der Waals surface area contributed by atoms with Gasteiger partial charge >= 0.3 is 0 Å². The van der Waals surface area contributed by atoms with Gasteiger partial charge in [-0.05, 0) is 49.4 Å². The molecule has 2 unspecified atom stereocenters. The van der Waals surface area contributed by atoms with Crippen LogP contribution in [-0.2, 0) is 0 Å². The molecule has 0 aliphatic rings. The van der Waals surface area contributed by atoms with Crippen molar-refractivity contribution in [3.8, 4) is 0 Å². The molecular weight excluding hydrogens is 268 g/mol. The molecular formula is C20H42N2. The van der Waals surface area contributed by atoms with Gasteiger partial charge < -0.3 is 0 Å². The number of rotatable bonds is 6. The maximum absolute atomic E-state index is 4.94. The van der Waals surface area contributed by atoms with Gasteiger partial charge in [0.05, 0.1) is 11.1 Å². The fourth-order valence-corrected chi connectivity index (χ4v) is 3.09. The van der Waals surface area contributed by atoms with Crippen LogP contribution < -0.4 is 0 Å².